The summed E-state index contributed by atoms with van der Waals surface area (Å²) in [6.45, 7) is 1.80. The molecule has 0 bridgehead atoms. The predicted octanol–water partition coefficient (Wildman–Crippen LogP) is 4.88. The lowest BCUT2D eigenvalue weighted by atomic mass is 9.94. The topological polar surface area (TPSA) is 111 Å². The molecule has 0 saturated carbocycles. The zero-order valence-electron chi connectivity index (χ0n) is 18.5. The summed E-state index contributed by atoms with van der Waals surface area (Å²) in [6, 6.07) is 20.4. The fraction of sp³-hybridized carbons (Fsp3) is 0.120. The van der Waals surface area contributed by atoms with Gasteiger partial charge in [-0.15, -0.1) is 0 Å². The van der Waals surface area contributed by atoms with Gasteiger partial charge in [-0.3, -0.25) is 19.5 Å². The number of hydrogen-bond acceptors (Lipinski definition) is 6. The first-order chi connectivity index (χ1) is 16.5. The second kappa shape index (κ2) is 8.36. The number of para-hydroxylation sites is 4. The summed E-state index contributed by atoms with van der Waals surface area (Å²) in [7, 11) is 1.54. The normalized spacial score (nSPS) is 14.9. The maximum Gasteiger partial charge on any atom is 0.269 e. The summed E-state index contributed by atoms with van der Waals surface area (Å²) in [5, 5.41) is 17.7. The Balaban J connectivity index is 1.68. The largest absolute Gasteiger partial charge is 0.495 e. The molecular formula is C25H21N5O4. The fourth-order valence-electron chi connectivity index (χ4n) is 4.32. The molecule has 2 N–H and O–H groups in total. The van der Waals surface area contributed by atoms with E-state index in [0.29, 0.717) is 34.2 Å². The van der Waals surface area contributed by atoms with Crippen molar-refractivity contribution in [3.8, 4) is 5.75 Å². The number of carbonyl (C=O) groups is 1. The Morgan fingerprint density at radius 3 is 2.68 bits per heavy atom. The second-order valence-electron chi connectivity index (χ2n) is 7.87. The number of hydrogen-bond donors (Lipinski definition) is 2. The molecule has 0 saturated heterocycles. The summed E-state index contributed by atoms with van der Waals surface area (Å²) in [4.78, 5) is 29.4. The van der Waals surface area contributed by atoms with Gasteiger partial charge in [0.1, 0.15) is 5.75 Å². The first-order valence-corrected chi connectivity index (χ1v) is 10.6. The number of ether oxygens (including phenoxy) is 1. The van der Waals surface area contributed by atoms with Gasteiger partial charge in [-0.2, -0.15) is 0 Å². The van der Waals surface area contributed by atoms with Crippen molar-refractivity contribution in [3.05, 3.63) is 99.7 Å². The van der Waals surface area contributed by atoms with Gasteiger partial charge in [-0.05, 0) is 36.8 Å². The van der Waals surface area contributed by atoms with Crippen LogP contribution in [0, 0.1) is 10.1 Å². The standard InChI is InChI=1S/C25H21N5O4/c1-15-22(24(31)27-19-11-4-6-13-21(19)34-2)23(16-8-7-9-17(14-16)30(32)33)29-20-12-5-3-10-18(20)28-25(29)26-15/h3-14,23H,1-2H3,(H,26,28)(H,27,31)/t23-/m0/s1. The lowest BCUT2D eigenvalue weighted by molar-refractivity contribution is -0.384. The minimum Gasteiger partial charge on any atom is -0.495 e. The summed E-state index contributed by atoms with van der Waals surface area (Å²) < 4.78 is 7.28. The molecule has 9 nitrogen and oxygen atoms in total. The Bertz CT molecular complexity index is 1470. The first-order valence-electron chi connectivity index (χ1n) is 10.6. The van der Waals surface area contributed by atoms with Crippen molar-refractivity contribution in [1.29, 1.82) is 0 Å². The molecule has 0 unspecified atom stereocenters. The Hall–Kier alpha value is -4.66. The fourth-order valence-corrected chi connectivity index (χ4v) is 4.32. The van der Waals surface area contributed by atoms with Gasteiger partial charge in [-0.25, -0.2) is 4.98 Å². The van der Waals surface area contributed by atoms with E-state index in [1.54, 1.807) is 37.3 Å². The van der Waals surface area contributed by atoms with Crippen molar-refractivity contribution in [2.24, 2.45) is 0 Å². The van der Waals surface area contributed by atoms with E-state index < -0.39 is 11.0 Å². The molecule has 1 aliphatic rings. The van der Waals surface area contributed by atoms with Gasteiger partial charge in [0.15, 0.2) is 0 Å². The van der Waals surface area contributed by atoms with Gasteiger partial charge in [0, 0.05) is 17.8 Å². The van der Waals surface area contributed by atoms with Crippen LogP contribution < -0.4 is 15.4 Å². The third-order valence-corrected chi connectivity index (χ3v) is 5.83. The van der Waals surface area contributed by atoms with Gasteiger partial charge in [0.25, 0.3) is 11.6 Å². The number of non-ortho nitro benzene ring substituents is 1. The van der Waals surface area contributed by atoms with E-state index in [2.05, 4.69) is 15.6 Å². The number of aromatic nitrogens is 2. The van der Waals surface area contributed by atoms with Crippen molar-refractivity contribution in [2.75, 3.05) is 17.7 Å². The summed E-state index contributed by atoms with van der Waals surface area (Å²) >= 11 is 0. The van der Waals surface area contributed by atoms with E-state index >= 15 is 0 Å². The molecule has 0 aliphatic carbocycles. The number of nitro groups is 1. The minimum absolute atomic E-state index is 0.0517. The van der Waals surface area contributed by atoms with Gasteiger partial charge >= 0.3 is 0 Å². The number of nitrogens with one attached hydrogen (secondary N) is 2. The van der Waals surface area contributed by atoms with Crippen molar-refractivity contribution in [1.82, 2.24) is 9.55 Å². The molecule has 1 atom stereocenters. The predicted molar refractivity (Wildman–Crippen MR) is 129 cm³/mol. The third kappa shape index (κ3) is 3.53. The molecule has 1 amide bonds. The number of allylic oxidation sites excluding steroid dienone is 1. The number of nitrogens with zero attached hydrogens (tertiary/aromatic N) is 3. The van der Waals surface area contributed by atoms with E-state index in [-0.39, 0.29) is 11.6 Å². The molecule has 0 radical (unpaired) electrons. The summed E-state index contributed by atoms with van der Waals surface area (Å²) in [6.07, 6.45) is 0. The van der Waals surface area contributed by atoms with E-state index in [1.807, 2.05) is 34.9 Å². The van der Waals surface area contributed by atoms with Gasteiger partial charge in [-0.1, -0.05) is 36.4 Å². The van der Waals surface area contributed by atoms with Crippen molar-refractivity contribution in [3.63, 3.8) is 0 Å². The molecule has 5 rings (SSSR count). The van der Waals surface area contributed by atoms with Crippen molar-refractivity contribution >= 4 is 34.3 Å². The highest BCUT2D eigenvalue weighted by molar-refractivity contribution is 6.07. The zero-order valence-corrected chi connectivity index (χ0v) is 18.5. The van der Waals surface area contributed by atoms with Crippen LogP contribution in [0.1, 0.15) is 18.5 Å². The molecule has 170 valence electrons. The van der Waals surface area contributed by atoms with Crippen LogP contribution >= 0.6 is 0 Å². The molecule has 4 aromatic rings. The Labute approximate surface area is 194 Å². The highest BCUT2D eigenvalue weighted by atomic mass is 16.6. The van der Waals surface area contributed by atoms with Gasteiger partial charge in [0.05, 0.1) is 40.4 Å². The monoisotopic (exact) mass is 455 g/mol. The lowest BCUT2D eigenvalue weighted by Gasteiger charge is -2.30. The number of carbonyl (C=O) groups excluding carboxylic acids is 1. The van der Waals surface area contributed by atoms with Crippen molar-refractivity contribution in [2.45, 2.75) is 13.0 Å². The zero-order chi connectivity index (χ0) is 23.8. The van der Waals surface area contributed by atoms with Gasteiger partial charge < -0.3 is 15.4 Å². The summed E-state index contributed by atoms with van der Waals surface area (Å²) in [5.41, 5.74) is 3.65. The molecule has 34 heavy (non-hydrogen) atoms. The smallest absolute Gasteiger partial charge is 0.269 e. The molecule has 1 aromatic heterocycles. The van der Waals surface area contributed by atoms with Crippen LogP contribution in [0.5, 0.6) is 5.75 Å². The average molecular weight is 455 g/mol. The molecule has 0 spiro atoms. The lowest BCUT2D eigenvalue weighted by Crippen LogP contribution is -2.31. The third-order valence-electron chi connectivity index (χ3n) is 5.83. The Kier molecular flexibility index (Phi) is 5.21. The quantitative estimate of drug-likeness (QED) is 0.328. The van der Waals surface area contributed by atoms with Crippen LogP contribution in [0.15, 0.2) is 84.1 Å². The number of anilines is 2. The van der Waals surface area contributed by atoms with Crippen LogP contribution in [0.2, 0.25) is 0 Å². The van der Waals surface area contributed by atoms with Crippen LogP contribution in [0.25, 0.3) is 11.0 Å². The number of rotatable bonds is 5. The van der Waals surface area contributed by atoms with Crippen LogP contribution in [-0.2, 0) is 4.79 Å². The molecule has 3 aromatic carbocycles. The molecule has 1 aliphatic heterocycles. The Morgan fingerprint density at radius 2 is 1.88 bits per heavy atom. The molecule has 0 fully saturated rings. The number of nitro benzene ring substituents is 1. The Morgan fingerprint density at radius 1 is 1.12 bits per heavy atom. The van der Waals surface area contributed by atoms with Crippen LogP contribution in [0.3, 0.4) is 0 Å². The van der Waals surface area contributed by atoms with Gasteiger partial charge in [0.2, 0.25) is 5.95 Å². The van der Waals surface area contributed by atoms with Crippen LogP contribution in [0.4, 0.5) is 17.3 Å². The number of benzene rings is 3. The second-order valence-corrected chi connectivity index (χ2v) is 7.87. The minimum atomic E-state index is -0.641. The first kappa shape index (κ1) is 21.2. The highest BCUT2D eigenvalue weighted by Gasteiger charge is 2.35. The maximum absolute atomic E-state index is 13.7. The summed E-state index contributed by atoms with van der Waals surface area (Å²) in [5.74, 6) is 0.733. The number of methoxy groups -OCH3 is 1. The SMILES string of the molecule is COc1ccccc1NC(=O)C1=C(C)Nc2nc3ccccc3n2[C@H]1c1cccc([N+](=O)[O-])c1. The highest BCUT2D eigenvalue weighted by Crippen LogP contribution is 2.40. The maximum atomic E-state index is 13.7. The number of fused-ring (bicyclic) bond motifs is 3. The van der Waals surface area contributed by atoms with E-state index in [0.717, 1.165) is 11.0 Å². The molecular weight excluding hydrogens is 434 g/mol. The van der Waals surface area contributed by atoms with E-state index in [9.17, 15) is 14.9 Å². The molecule has 2 heterocycles. The van der Waals surface area contributed by atoms with Crippen LogP contribution in [-0.4, -0.2) is 27.5 Å². The number of imidazole rings is 1. The van der Waals surface area contributed by atoms with Crippen molar-refractivity contribution < 1.29 is 14.5 Å². The average Bonchev–Trinajstić information content (AvgIpc) is 3.21. The van der Waals surface area contributed by atoms with E-state index in [1.165, 1.54) is 19.2 Å². The molecule has 9 heteroatoms. The number of amides is 1. The van der Waals surface area contributed by atoms with E-state index in [4.69, 9.17) is 4.74 Å².